The van der Waals surface area contributed by atoms with Gasteiger partial charge < -0.3 is 10.5 Å². The third-order valence-corrected chi connectivity index (χ3v) is 5.05. The van der Waals surface area contributed by atoms with Gasteiger partial charge in [-0.25, -0.2) is 9.78 Å². The number of carbonyl (C=O) groups is 1. The fourth-order valence-electron chi connectivity index (χ4n) is 1.95. The highest BCUT2D eigenvalue weighted by Gasteiger charge is 2.18. The van der Waals surface area contributed by atoms with E-state index in [2.05, 4.69) is 9.36 Å². The Morgan fingerprint density at radius 1 is 1.35 bits per heavy atom. The van der Waals surface area contributed by atoms with Gasteiger partial charge in [0.15, 0.2) is 0 Å². The molecule has 0 unspecified atom stereocenters. The van der Waals surface area contributed by atoms with Crippen molar-refractivity contribution in [3.63, 3.8) is 0 Å². The second kappa shape index (κ2) is 6.66. The molecule has 5 nitrogen and oxygen atoms in total. The van der Waals surface area contributed by atoms with E-state index in [4.69, 9.17) is 22.1 Å². The topological polar surface area (TPSA) is 78.1 Å². The lowest BCUT2D eigenvalue weighted by Crippen LogP contribution is -2.08. The van der Waals surface area contributed by atoms with Gasteiger partial charge in [-0.3, -0.25) is 0 Å². The number of rotatable bonds is 4. The zero-order valence-corrected chi connectivity index (χ0v) is 14.5. The van der Waals surface area contributed by atoms with Gasteiger partial charge in [-0.15, -0.1) is 11.3 Å². The fourth-order valence-corrected chi connectivity index (χ4v) is 3.53. The highest BCUT2D eigenvalue weighted by Crippen LogP contribution is 2.26. The van der Waals surface area contributed by atoms with Crippen LogP contribution in [0.25, 0.3) is 10.6 Å². The van der Waals surface area contributed by atoms with E-state index in [1.807, 2.05) is 29.6 Å². The van der Waals surface area contributed by atoms with Crippen molar-refractivity contribution in [2.45, 2.75) is 13.5 Å². The smallest absolute Gasteiger partial charge is 0.343 e. The van der Waals surface area contributed by atoms with Crippen LogP contribution in [-0.4, -0.2) is 15.3 Å². The molecular formula is C15H12ClN3O2S2. The average Bonchev–Trinajstić information content (AvgIpc) is 3.13. The van der Waals surface area contributed by atoms with E-state index in [0.29, 0.717) is 27.0 Å². The first kappa shape index (κ1) is 15.9. The number of benzene rings is 1. The quantitative estimate of drug-likeness (QED) is 0.702. The Morgan fingerprint density at radius 2 is 2.09 bits per heavy atom. The van der Waals surface area contributed by atoms with Crippen LogP contribution < -0.4 is 5.73 Å². The summed E-state index contributed by atoms with van der Waals surface area (Å²) >= 11 is 8.44. The molecule has 0 bridgehead atoms. The SMILES string of the molecule is Cc1nsc(N)c1C(=O)OCc1csc(-c2ccc(Cl)cc2)n1. The van der Waals surface area contributed by atoms with Gasteiger partial charge in [0.25, 0.3) is 0 Å². The van der Waals surface area contributed by atoms with Gasteiger partial charge >= 0.3 is 5.97 Å². The lowest BCUT2D eigenvalue weighted by molar-refractivity contribution is 0.0469. The third kappa shape index (κ3) is 3.52. The maximum absolute atomic E-state index is 12.1. The molecule has 0 aliphatic heterocycles. The summed E-state index contributed by atoms with van der Waals surface area (Å²) in [5.41, 5.74) is 8.31. The van der Waals surface area contributed by atoms with Crippen LogP contribution in [0.5, 0.6) is 0 Å². The molecule has 2 heterocycles. The molecule has 0 atom stereocenters. The number of halogens is 1. The van der Waals surface area contributed by atoms with Crippen LogP contribution >= 0.6 is 34.5 Å². The van der Waals surface area contributed by atoms with Crippen LogP contribution in [0.2, 0.25) is 5.02 Å². The first-order valence-electron chi connectivity index (χ1n) is 6.64. The highest BCUT2D eigenvalue weighted by molar-refractivity contribution is 7.13. The van der Waals surface area contributed by atoms with Crippen LogP contribution in [0, 0.1) is 6.92 Å². The number of esters is 1. The van der Waals surface area contributed by atoms with Crippen molar-refractivity contribution >= 4 is 45.4 Å². The van der Waals surface area contributed by atoms with Crippen molar-refractivity contribution in [3.05, 3.63) is 51.6 Å². The van der Waals surface area contributed by atoms with Crippen molar-refractivity contribution in [1.29, 1.82) is 0 Å². The van der Waals surface area contributed by atoms with E-state index in [0.717, 1.165) is 22.1 Å². The zero-order chi connectivity index (χ0) is 16.4. The summed E-state index contributed by atoms with van der Waals surface area (Å²) in [5, 5.41) is 3.75. The monoisotopic (exact) mass is 365 g/mol. The van der Waals surface area contributed by atoms with Gasteiger partial charge in [-0.05, 0) is 30.6 Å². The molecule has 118 valence electrons. The summed E-state index contributed by atoms with van der Waals surface area (Å²) in [6.07, 6.45) is 0. The number of nitrogen functional groups attached to an aromatic ring is 1. The first-order valence-corrected chi connectivity index (χ1v) is 8.67. The molecular weight excluding hydrogens is 354 g/mol. The van der Waals surface area contributed by atoms with Crippen LogP contribution in [0.1, 0.15) is 21.7 Å². The zero-order valence-electron chi connectivity index (χ0n) is 12.1. The van der Waals surface area contributed by atoms with Gasteiger partial charge in [0, 0.05) is 16.0 Å². The molecule has 0 spiro atoms. The Kier molecular flexibility index (Phi) is 4.61. The van der Waals surface area contributed by atoms with E-state index in [1.165, 1.54) is 11.3 Å². The minimum Gasteiger partial charge on any atom is -0.455 e. The van der Waals surface area contributed by atoms with Gasteiger partial charge in [-0.1, -0.05) is 23.7 Å². The standard InChI is InChI=1S/C15H12ClN3O2S2/c1-8-12(13(17)23-19-8)15(20)21-6-11-7-22-14(18-11)9-2-4-10(16)5-3-9/h2-5,7H,6,17H2,1H3. The van der Waals surface area contributed by atoms with Crippen molar-refractivity contribution < 1.29 is 9.53 Å². The number of hydrogen-bond donors (Lipinski definition) is 1. The predicted octanol–water partition coefficient (Wildman–Crippen LogP) is 4.17. The molecule has 0 saturated heterocycles. The Hall–Kier alpha value is -1.96. The van der Waals surface area contributed by atoms with Gasteiger partial charge in [-0.2, -0.15) is 4.37 Å². The molecule has 0 aliphatic carbocycles. The number of aryl methyl sites for hydroxylation is 1. The van der Waals surface area contributed by atoms with E-state index in [1.54, 1.807) is 6.92 Å². The molecule has 0 fully saturated rings. The van der Waals surface area contributed by atoms with E-state index in [-0.39, 0.29) is 6.61 Å². The summed E-state index contributed by atoms with van der Waals surface area (Å²) in [4.78, 5) is 16.5. The number of anilines is 1. The second-order valence-electron chi connectivity index (χ2n) is 4.73. The molecule has 3 aromatic rings. The van der Waals surface area contributed by atoms with Crippen molar-refractivity contribution in [2.24, 2.45) is 0 Å². The fraction of sp³-hybridized carbons (Fsp3) is 0.133. The van der Waals surface area contributed by atoms with Crippen molar-refractivity contribution in [1.82, 2.24) is 9.36 Å². The van der Waals surface area contributed by atoms with Gasteiger partial charge in [0.1, 0.15) is 22.2 Å². The molecule has 8 heteroatoms. The highest BCUT2D eigenvalue weighted by atomic mass is 35.5. The molecule has 0 aliphatic rings. The summed E-state index contributed by atoms with van der Waals surface area (Å²) in [5.74, 6) is -0.477. The van der Waals surface area contributed by atoms with Crippen LogP contribution in [0.3, 0.4) is 0 Å². The van der Waals surface area contributed by atoms with E-state index in [9.17, 15) is 4.79 Å². The van der Waals surface area contributed by atoms with Crippen LogP contribution in [-0.2, 0) is 11.3 Å². The van der Waals surface area contributed by atoms with Gasteiger partial charge in [0.2, 0.25) is 0 Å². The minimum atomic E-state index is -0.477. The Balaban J connectivity index is 1.68. The van der Waals surface area contributed by atoms with Crippen molar-refractivity contribution in [3.8, 4) is 10.6 Å². The minimum absolute atomic E-state index is 0.0949. The molecule has 0 radical (unpaired) electrons. The average molecular weight is 366 g/mol. The number of nitrogens with two attached hydrogens (primary N) is 1. The molecule has 23 heavy (non-hydrogen) atoms. The summed E-state index contributed by atoms with van der Waals surface area (Å²) in [6, 6.07) is 7.43. The Morgan fingerprint density at radius 3 is 2.74 bits per heavy atom. The molecule has 2 aromatic heterocycles. The lowest BCUT2D eigenvalue weighted by atomic mass is 10.2. The summed E-state index contributed by atoms with van der Waals surface area (Å²) in [7, 11) is 0. The lowest BCUT2D eigenvalue weighted by Gasteiger charge is -2.02. The number of carbonyl (C=O) groups excluding carboxylic acids is 1. The molecule has 2 N–H and O–H groups in total. The number of hydrogen-bond acceptors (Lipinski definition) is 7. The summed E-state index contributed by atoms with van der Waals surface area (Å²) < 4.78 is 9.31. The second-order valence-corrected chi connectivity index (χ2v) is 6.83. The molecule has 1 aromatic carbocycles. The molecule has 3 rings (SSSR count). The maximum Gasteiger partial charge on any atom is 0.343 e. The normalized spacial score (nSPS) is 10.7. The van der Waals surface area contributed by atoms with Gasteiger partial charge in [0.05, 0.1) is 11.4 Å². The molecule has 0 amide bonds. The van der Waals surface area contributed by atoms with E-state index >= 15 is 0 Å². The molecule has 0 saturated carbocycles. The largest absolute Gasteiger partial charge is 0.455 e. The maximum atomic E-state index is 12.1. The first-order chi connectivity index (χ1) is 11.0. The number of nitrogens with zero attached hydrogens (tertiary/aromatic N) is 2. The predicted molar refractivity (Wildman–Crippen MR) is 92.9 cm³/mol. The number of thiazole rings is 1. The van der Waals surface area contributed by atoms with Crippen molar-refractivity contribution in [2.75, 3.05) is 5.73 Å². The number of ether oxygens (including phenoxy) is 1. The Labute approximate surface area is 145 Å². The Bertz CT molecular complexity index is 823. The van der Waals surface area contributed by atoms with E-state index < -0.39 is 5.97 Å². The van der Waals surface area contributed by atoms with Crippen LogP contribution in [0.4, 0.5) is 5.00 Å². The summed E-state index contributed by atoms with van der Waals surface area (Å²) in [6.45, 7) is 1.82. The third-order valence-electron chi connectivity index (χ3n) is 3.09. The number of aromatic nitrogens is 2. The van der Waals surface area contributed by atoms with Crippen LogP contribution in [0.15, 0.2) is 29.6 Å².